The smallest absolute Gasteiger partial charge is 0.185 e. The van der Waals surface area contributed by atoms with Crippen molar-refractivity contribution in [2.24, 2.45) is 0 Å². The normalized spacial score (nSPS) is 12.9. The Morgan fingerprint density at radius 1 is 1.35 bits per heavy atom. The van der Waals surface area contributed by atoms with Crippen LogP contribution in [0.5, 0.6) is 0 Å². The molecule has 0 aliphatic carbocycles. The van der Waals surface area contributed by atoms with Gasteiger partial charge in [0.05, 0.1) is 5.69 Å². The molecule has 0 aliphatic heterocycles. The number of hydrogen-bond donors (Lipinski definition) is 1. The van der Waals surface area contributed by atoms with E-state index in [9.17, 15) is 0 Å². The monoisotopic (exact) mass is 315 g/mol. The summed E-state index contributed by atoms with van der Waals surface area (Å²) in [6, 6.07) is 1.04. The van der Waals surface area contributed by atoms with E-state index in [-0.39, 0.29) is 0 Å². The average Bonchev–Trinajstić information content (AvgIpc) is 2.79. The molecule has 116 valence electrons. The first kappa shape index (κ1) is 17.8. The molecule has 1 atom stereocenters. The summed E-state index contributed by atoms with van der Waals surface area (Å²) >= 11 is 3.74. The molecular formula is C15H29N3S2. The Kier molecular flexibility index (Phi) is 7.92. The second kappa shape index (κ2) is 8.90. The van der Waals surface area contributed by atoms with Crippen molar-refractivity contribution in [3.8, 4) is 0 Å². The number of nitrogens with zero attached hydrogens (tertiary/aromatic N) is 2. The van der Waals surface area contributed by atoms with E-state index >= 15 is 0 Å². The predicted octanol–water partition coefficient (Wildman–Crippen LogP) is 3.78. The molecule has 0 aromatic carbocycles. The highest BCUT2D eigenvalue weighted by Gasteiger charge is 2.17. The molecule has 3 nitrogen and oxygen atoms in total. The van der Waals surface area contributed by atoms with Crippen molar-refractivity contribution >= 4 is 28.2 Å². The van der Waals surface area contributed by atoms with Crippen molar-refractivity contribution in [1.82, 2.24) is 10.3 Å². The SMILES string of the molecule is CCCc1nc(N(C)C(C)CSC)sc1CNC(C)C. The van der Waals surface area contributed by atoms with Gasteiger partial charge < -0.3 is 10.2 Å². The molecule has 0 radical (unpaired) electrons. The molecule has 1 rings (SSSR count). The number of aryl methyl sites for hydroxylation is 1. The van der Waals surface area contributed by atoms with Crippen molar-refractivity contribution in [1.29, 1.82) is 0 Å². The minimum Gasteiger partial charge on any atom is -0.348 e. The summed E-state index contributed by atoms with van der Waals surface area (Å²) in [6.07, 6.45) is 4.39. The Balaban J connectivity index is 2.84. The molecule has 0 saturated heterocycles. The van der Waals surface area contributed by atoms with Crippen molar-refractivity contribution in [3.63, 3.8) is 0 Å². The molecule has 0 amide bonds. The summed E-state index contributed by atoms with van der Waals surface area (Å²) in [5, 5.41) is 4.68. The van der Waals surface area contributed by atoms with Gasteiger partial charge >= 0.3 is 0 Å². The topological polar surface area (TPSA) is 28.2 Å². The van der Waals surface area contributed by atoms with Gasteiger partial charge in [0.15, 0.2) is 5.13 Å². The van der Waals surface area contributed by atoms with E-state index in [0.717, 1.165) is 30.3 Å². The van der Waals surface area contributed by atoms with Gasteiger partial charge in [-0.2, -0.15) is 11.8 Å². The zero-order valence-corrected chi connectivity index (χ0v) is 15.3. The van der Waals surface area contributed by atoms with Crippen molar-refractivity contribution in [3.05, 3.63) is 10.6 Å². The zero-order valence-electron chi connectivity index (χ0n) is 13.7. The lowest BCUT2D eigenvalue weighted by molar-refractivity contribution is 0.589. The molecule has 0 bridgehead atoms. The van der Waals surface area contributed by atoms with E-state index in [1.165, 1.54) is 10.6 Å². The lowest BCUT2D eigenvalue weighted by Gasteiger charge is -2.23. The number of hydrogen-bond acceptors (Lipinski definition) is 5. The molecule has 0 aliphatic rings. The summed E-state index contributed by atoms with van der Waals surface area (Å²) < 4.78 is 0. The van der Waals surface area contributed by atoms with Crippen LogP contribution in [-0.4, -0.2) is 36.1 Å². The first-order valence-corrected chi connectivity index (χ1v) is 9.64. The number of aromatic nitrogens is 1. The van der Waals surface area contributed by atoms with Crippen LogP contribution in [0.4, 0.5) is 5.13 Å². The number of rotatable bonds is 9. The summed E-state index contributed by atoms with van der Waals surface area (Å²) in [5.41, 5.74) is 1.28. The fourth-order valence-corrected chi connectivity index (χ4v) is 3.76. The Labute approximate surface area is 132 Å². The van der Waals surface area contributed by atoms with E-state index < -0.39 is 0 Å². The van der Waals surface area contributed by atoms with Crippen LogP contribution >= 0.6 is 23.1 Å². The van der Waals surface area contributed by atoms with Gasteiger partial charge in [0, 0.05) is 36.3 Å². The first-order chi connectivity index (χ1) is 9.49. The van der Waals surface area contributed by atoms with Crippen LogP contribution in [0.15, 0.2) is 0 Å². The molecule has 1 aromatic rings. The minimum absolute atomic E-state index is 0.517. The van der Waals surface area contributed by atoms with Gasteiger partial charge in [-0.25, -0.2) is 4.98 Å². The Morgan fingerprint density at radius 3 is 2.60 bits per heavy atom. The van der Waals surface area contributed by atoms with Crippen LogP contribution in [-0.2, 0) is 13.0 Å². The largest absolute Gasteiger partial charge is 0.348 e. The fourth-order valence-electron chi connectivity index (χ4n) is 1.93. The van der Waals surface area contributed by atoms with Gasteiger partial charge in [-0.3, -0.25) is 0 Å². The highest BCUT2D eigenvalue weighted by Crippen LogP contribution is 2.28. The number of anilines is 1. The van der Waals surface area contributed by atoms with Crippen LogP contribution < -0.4 is 10.2 Å². The quantitative estimate of drug-likeness (QED) is 0.750. The number of thioether (sulfide) groups is 1. The second-order valence-corrected chi connectivity index (χ2v) is 7.54. The lowest BCUT2D eigenvalue weighted by Crippen LogP contribution is -2.30. The fraction of sp³-hybridized carbons (Fsp3) is 0.800. The third-order valence-electron chi connectivity index (χ3n) is 3.30. The number of nitrogens with one attached hydrogen (secondary N) is 1. The Hall–Kier alpha value is -0.260. The van der Waals surface area contributed by atoms with Gasteiger partial charge in [-0.1, -0.05) is 27.2 Å². The van der Waals surface area contributed by atoms with Crippen molar-refractivity contribution in [2.45, 2.75) is 59.2 Å². The van der Waals surface area contributed by atoms with Crippen LogP contribution in [0.25, 0.3) is 0 Å². The van der Waals surface area contributed by atoms with E-state index in [1.807, 2.05) is 23.1 Å². The van der Waals surface area contributed by atoms with Crippen LogP contribution in [0, 0.1) is 0 Å². The van der Waals surface area contributed by atoms with Gasteiger partial charge in [0.1, 0.15) is 0 Å². The zero-order chi connectivity index (χ0) is 15.1. The van der Waals surface area contributed by atoms with Gasteiger partial charge in [-0.15, -0.1) is 11.3 Å². The van der Waals surface area contributed by atoms with E-state index in [2.05, 4.69) is 51.2 Å². The summed E-state index contributed by atoms with van der Waals surface area (Å²) in [5.74, 6) is 1.14. The van der Waals surface area contributed by atoms with Gasteiger partial charge in [0.2, 0.25) is 0 Å². The Morgan fingerprint density at radius 2 is 2.05 bits per heavy atom. The summed E-state index contributed by atoms with van der Waals surface area (Å²) in [6.45, 7) is 9.81. The average molecular weight is 316 g/mol. The maximum absolute atomic E-state index is 4.88. The molecule has 1 unspecified atom stereocenters. The van der Waals surface area contributed by atoms with Crippen LogP contribution in [0.3, 0.4) is 0 Å². The molecule has 0 spiro atoms. The third-order valence-corrected chi connectivity index (χ3v) is 5.30. The molecule has 1 N–H and O–H groups in total. The van der Waals surface area contributed by atoms with Gasteiger partial charge in [0.25, 0.3) is 0 Å². The van der Waals surface area contributed by atoms with E-state index in [0.29, 0.717) is 12.1 Å². The van der Waals surface area contributed by atoms with Gasteiger partial charge in [-0.05, 0) is 19.6 Å². The van der Waals surface area contributed by atoms with Crippen molar-refractivity contribution < 1.29 is 0 Å². The second-order valence-electron chi connectivity index (χ2n) is 5.57. The molecule has 5 heteroatoms. The summed E-state index contributed by atoms with van der Waals surface area (Å²) in [7, 11) is 2.16. The maximum atomic E-state index is 4.88. The number of thiazole rings is 1. The predicted molar refractivity (Wildman–Crippen MR) is 94.3 cm³/mol. The minimum atomic E-state index is 0.517. The first-order valence-electron chi connectivity index (χ1n) is 7.43. The third kappa shape index (κ3) is 5.26. The molecule has 1 heterocycles. The molecule has 1 aromatic heterocycles. The highest BCUT2D eigenvalue weighted by molar-refractivity contribution is 7.98. The molecule has 0 saturated carbocycles. The van der Waals surface area contributed by atoms with Crippen molar-refractivity contribution in [2.75, 3.05) is 24.0 Å². The summed E-state index contributed by atoms with van der Waals surface area (Å²) in [4.78, 5) is 8.60. The van der Waals surface area contributed by atoms with Crippen LogP contribution in [0.2, 0.25) is 0 Å². The molecule has 0 fully saturated rings. The molecule has 20 heavy (non-hydrogen) atoms. The standard InChI is InChI=1S/C15H29N3S2/c1-7-8-13-14(9-16-11(2)3)20-15(17-13)18(5)12(4)10-19-6/h11-12,16H,7-10H2,1-6H3. The maximum Gasteiger partial charge on any atom is 0.185 e. The van der Waals surface area contributed by atoms with Crippen LogP contribution in [0.1, 0.15) is 44.7 Å². The van der Waals surface area contributed by atoms with E-state index in [4.69, 9.17) is 4.98 Å². The molecular weight excluding hydrogens is 286 g/mol. The lowest BCUT2D eigenvalue weighted by atomic mass is 10.2. The Bertz CT molecular complexity index is 390. The van der Waals surface area contributed by atoms with E-state index in [1.54, 1.807) is 0 Å². The highest BCUT2D eigenvalue weighted by atomic mass is 32.2.